The van der Waals surface area contributed by atoms with E-state index in [9.17, 15) is 4.79 Å². The van der Waals surface area contributed by atoms with Crippen molar-refractivity contribution in [2.24, 2.45) is 0 Å². The Kier molecular flexibility index (Phi) is 5.73. The molecule has 3 rings (SSSR count). The van der Waals surface area contributed by atoms with Crippen LogP contribution < -0.4 is 0 Å². The third kappa shape index (κ3) is 3.86. The number of carbonyl (C=O) groups excluding carboxylic acids is 1. The van der Waals surface area contributed by atoms with Crippen LogP contribution in [0.25, 0.3) is 11.4 Å². The minimum absolute atomic E-state index is 0.195. The zero-order valence-corrected chi connectivity index (χ0v) is 15.9. The van der Waals surface area contributed by atoms with Gasteiger partial charge < -0.3 is 9.47 Å². The van der Waals surface area contributed by atoms with Gasteiger partial charge in [-0.3, -0.25) is 9.78 Å². The summed E-state index contributed by atoms with van der Waals surface area (Å²) in [4.78, 5) is 18.8. The van der Waals surface area contributed by atoms with Gasteiger partial charge >= 0.3 is 0 Å². The van der Waals surface area contributed by atoms with Gasteiger partial charge in [-0.05, 0) is 52.2 Å². The highest BCUT2D eigenvalue weighted by Crippen LogP contribution is 2.26. The van der Waals surface area contributed by atoms with E-state index in [2.05, 4.69) is 40.5 Å². The Hall–Kier alpha value is -1.89. The maximum atomic E-state index is 12.7. The second kappa shape index (κ2) is 7.99. The molecule has 1 fully saturated rings. The largest absolute Gasteiger partial charge is 0.337 e. The lowest BCUT2D eigenvalue weighted by atomic mass is 9.98. The van der Waals surface area contributed by atoms with Gasteiger partial charge in [0.15, 0.2) is 11.0 Å². The number of likely N-dealkylation sites (tertiary alicyclic amines) is 1. The van der Waals surface area contributed by atoms with Crippen LogP contribution in [0.15, 0.2) is 29.7 Å². The number of rotatable bonds is 5. The van der Waals surface area contributed by atoms with Crippen molar-refractivity contribution in [3.63, 3.8) is 0 Å². The first-order valence-corrected chi connectivity index (χ1v) is 9.88. The minimum Gasteiger partial charge on any atom is -0.337 e. The second-order valence-corrected chi connectivity index (χ2v) is 7.45. The van der Waals surface area contributed by atoms with Gasteiger partial charge in [-0.25, -0.2) is 0 Å². The SMILES string of the molecule is CCn1c(SCC(=O)N2[C@H](C)CCC[C@@H]2C)nnc1-c1ccncc1. The lowest BCUT2D eigenvalue weighted by Crippen LogP contribution is -2.48. The van der Waals surface area contributed by atoms with Crippen LogP contribution in [0, 0.1) is 0 Å². The van der Waals surface area contributed by atoms with Gasteiger partial charge in [0.1, 0.15) is 0 Å². The molecule has 25 heavy (non-hydrogen) atoms. The molecule has 0 unspecified atom stereocenters. The molecule has 2 atom stereocenters. The Labute approximate surface area is 153 Å². The molecule has 0 saturated carbocycles. The fourth-order valence-corrected chi connectivity index (χ4v) is 4.38. The number of hydrogen-bond acceptors (Lipinski definition) is 5. The number of hydrogen-bond donors (Lipinski definition) is 0. The Morgan fingerprint density at radius 2 is 1.88 bits per heavy atom. The molecule has 3 heterocycles. The molecule has 0 spiro atoms. The summed E-state index contributed by atoms with van der Waals surface area (Å²) in [5.74, 6) is 1.42. The number of nitrogens with zero attached hydrogens (tertiary/aromatic N) is 5. The van der Waals surface area contributed by atoms with E-state index in [-0.39, 0.29) is 5.91 Å². The van der Waals surface area contributed by atoms with Gasteiger partial charge in [-0.2, -0.15) is 0 Å². The Bertz CT molecular complexity index is 708. The summed E-state index contributed by atoms with van der Waals surface area (Å²) in [6.45, 7) is 7.12. The average Bonchev–Trinajstić information content (AvgIpc) is 3.03. The first kappa shape index (κ1) is 17.9. The molecule has 0 bridgehead atoms. The average molecular weight is 359 g/mol. The van der Waals surface area contributed by atoms with Crippen LogP contribution in [-0.2, 0) is 11.3 Å². The smallest absolute Gasteiger partial charge is 0.233 e. The highest BCUT2D eigenvalue weighted by atomic mass is 32.2. The van der Waals surface area contributed by atoms with Gasteiger partial charge in [0, 0.05) is 36.6 Å². The zero-order chi connectivity index (χ0) is 17.8. The van der Waals surface area contributed by atoms with Crippen molar-refractivity contribution in [3.05, 3.63) is 24.5 Å². The third-order valence-corrected chi connectivity index (χ3v) is 5.73. The van der Waals surface area contributed by atoms with Crippen LogP contribution >= 0.6 is 11.8 Å². The predicted octanol–water partition coefficient (Wildman–Crippen LogP) is 3.24. The minimum atomic E-state index is 0.195. The molecule has 134 valence electrons. The fourth-order valence-electron chi connectivity index (χ4n) is 3.51. The molecule has 0 aromatic carbocycles. The molecular formula is C18H25N5OS. The molecule has 0 N–H and O–H groups in total. The summed E-state index contributed by atoms with van der Waals surface area (Å²) in [6, 6.07) is 4.50. The molecule has 1 saturated heterocycles. The molecule has 2 aromatic rings. The lowest BCUT2D eigenvalue weighted by molar-refractivity contribution is -0.134. The number of amides is 1. The number of thioether (sulfide) groups is 1. The zero-order valence-electron chi connectivity index (χ0n) is 15.1. The first-order valence-electron chi connectivity index (χ1n) is 8.89. The van der Waals surface area contributed by atoms with Gasteiger partial charge in [-0.15, -0.1) is 10.2 Å². The molecule has 0 aliphatic carbocycles. The normalized spacial score (nSPS) is 20.7. The quantitative estimate of drug-likeness (QED) is 0.767. The Balaban J connectivity index is 1.71. The molecule has 2 aromatic heterocycles. The van der Waals surface area contributed by atoms with Crippen molar-refractivity contribution < 1.29 is 4.79 Å². The van der Waals surface area contributed by atoms with E-state index < -0.39 is 0 Å². The van der Waals surface area contributed by atoms with Gasteiger partial charge in [0.25, 0.3) is 0 Å². The summed E-state index contributed by atoms with van der Waals surface area (Å²) >= 11 is 1.48. The highest BCUT2D eigenvalue weighted by Gasteiger charge is 2.29. The van der Waals surface area contributed by atoms with Crippen LogP contribution in [0.1, 0.15) is 40.0 Å². The lowest BCUT2D eigenvalue weighted by Gasteiger charge is -2.39. The van der Waals surface area contributed by atoms with Crippen molar-refractivity contribution in [2.45, 2.75) is 63.8 Å². The summed E-state index contributed by atoms with van der Waals surface area (Å²) in [6.07, 6.45) is 6.90. The first-order chi connectivity index (χ1) is 12.1. The van der Waals surface area contributed by atoms with Gasteiger partial charge in [0.05, 0.1) is 5.75 Å². The molecular weight excluding hydrogens is 334 g/mol. The monoisotopic (exact) mass is 359 g/mol. The molecule has 7 heteroatoms. The van der Waals surface area contributed by atoms with Crippen molar-refractivity contribution in [3.8, 4) is 11.4 Å². The molecule has 0 radical (unpaired) electrons. The molecule has 1 amide bonds. The van der Waals surface area contributed by atoms with Crippen molar-refractivity contribution in [2.75, 3.05) is 5.75 Å². The van der Waals surface area contributed by atoms with Crippen molar-refractivity contribution in [1.82, 2.24) is 24.6 Å². The van der Waals surface area contributed by atoms with Gasteiger partial charge in [0.2, 0.25) is 5.91 Å². The topological polar surface area (TPSA) is 63.9 Å². The summed E-state index contributed by atoms with van der Waals surface area (Å²) < 4.78 is 2.05. The van der Waals surface area contributed by atoms with Crippen LogP contribution in [0.5, 0.6) is 0 Å². The van der Waals surface area contributed by atoms with E-state index in [1.165, 1.54) is 18.2 Å². The molecule has 1 aliphatic heterocycles. The third-order valence-electron chi connectivity index (χ3n) is 4.78. The summed E-state index contributed by atoms with van der Waals surface area (Å²) in [5, 5.41) is 9.41. The highest BCUT2D eigenvalue weighted by molar-refractivity contribution is 7.99. The predicted molar refractivity (Wildman–Crippen MR) is 99.3 cm³/mol. The van der Waals surface area contributed by atoms with Crippen LogP contribution in [0.4, 0.5) is 0 Å². The van der Waals surface area contributed by atoms with E-state index >= 15 is 0 Å². The van der Waals surface area contributed by atoms with E-state index in [4.69, 9.17) is 0 Å². The number of aromatic nitrogens is 4. The number of piperidine rings is 1. The van der Waals surface area contributed by atoms with Crippen LogP contribution in [-0.4, -0.2) is 48.4 Å². The maximum Gasteiger partial charge on any atom is 0.233 e. The van der Waals surface area contributed by atoms with Crippen molar-refractivity contribution >= 4 is 17.7 Å². The summed E-state index contributed by atoms with van der Waals surface area (Å²) in [7, 11) is 0. The second-order valence-electron chi connectivity index (χ2n) is 6.50. The van der Waals surface area contributed by atoms with E-state index in [0.717, 1.165) is 35.9 Å². The van der Waals surface area contributed by atoms with Crippen LogP contribution in [0.2, 0.25) is 0 Å². The standard InChI is InChI=1S/C18H25N5OS/c1-4-22-17(15-8-10-19-11-9-15)20-21-18(22)25-12-16(24)23-13(2)6-5-7-14(23)3/h8-11,13-14H,4-7,12H2,1-3H3/t13-,14+. The molecule has 1 aliphatic rings. The van der Waals surface area contributed by atoms with Gasteiger partial charge in [-0.1, -0.05) is 11.8 Å². The Morgan fingerprint density at radius 3 is 2.52 bits per heavy atom. The van der Waals surface area contributed by atoms with E-state index in [1.54, 1.807) is 12.4 Å². The van der Waals surface area contributed by atoms with E-state index in [0.29, 0.717) is 17.8 Å². The number of carbonyl (C=O) groups is 1. The van der Waals surface area contributed by atoms with Crippen LogP contribution in [0.3, 0.4) is 0 Å². The van der Waals surface area contributed by atoms with E-state index in [1.807, 2.05) is 17.0 Å². The van der Waals surface area contributed by atoms with Crippen molar-refractivity contribution in [1.29, 1.82) is 0 Å². The fraction of sp³-hybridized carbons (Fsp3) is 0.556. The maximum absolute atomic E-state index is 12.7. The Morgan fingerprint density at radius 1 is 1.20 bits per heavy atom. The summed E-state index contributed by atoms with van der Waals surface area (Å²) in [5.41, 5.74) is 0.987. The number of pyridine rings is 1. The molecule has 6 nitrogen and oxygen atoms in total.